The minimum Gasteiger partial charge on any atom is -0.454 e. The van der Waals surface area contributed by atoms with Crippen molar-refractivity contribution in [2.75, 3.05) is 23.8 Å². The molecule has 3 aromatic carbocycles. The fourth-order valence-corrected chi connectivity index (χ4v) is 4.58. The summed E-state index contributed by atoms with van der Waals surface area (Å²) < 4.78 is 10.0. The Morgan fingerprint density at radius 1 is 0.744 bits per heavy atom. The minimum absolute atomic E-state index is 0.0668. The highest BCUT2D eigenvalue weighted by molar-refractivity contribution is 6.44. The molecule has 4 amide bonds. The van der Waals surface area contributed by atoms with Gasteiger partial charge in [-0.1, -0.05) is 58.5 Å². The molecule has 0 saturated heterocycles. The van der Waals surface area contributed by atoms with Gasteiger partial charge < -0.3 is 20.1 Å². The number of imide groups is 1. The lowest BCUT2D eigenvalue weighted by molar-refractivity contribution is -0.150. The van der Waals surface area contributed by atoms with Crippen molar-refractivity contribution in [3.8, 4) is 0 Å². The van der Waals surface area contributed by atoms with Crippen LogP contribution in [0.15, 0.2) is 54.6 Å². The number of fused-ring (bicyclic) bond motifs is 1. The second-order valence-corrected chi connectivity index (χ2v) is 10.5. The number of nitrogens with zero attached hydrogens (tertiary/aromatic N) is 1. The van der Waals surface area contributed by atoms with Crippen LogP contribution in [-0.2, 0) is 23.9 Å². The Hall–Kier alpha value is -4.16. The second kappa shape index (κ2) is 13.4. The largest absolute Gasteiger partial charge is 0.454 e. The molecule has 15 heteroatoms. The predicted octanol–water partition coefficient (Wildman–Crippen LogP) is 5.26. The summed E-state index contributed by atoms with van der Waals surface area (Å²) in [6.07, 6.45) is 0. The van der Waals surface area contributed by atoms with Crippen LogP contribution in [0.5, 0.6) is 0 Å². The maximum atomic E-state index is 13.1. The summed E-state index contributed by atoms with van der Waals surface area (Å²) in [6.45, 7) is -0.171. The number of nitrogens with one attached hydrogen (secondary N) is 2. The molecule has 1 aliphatic rings. The first-order valence-corrected chi connectivity index (χ1v) is 13.7. The van der Waals surface area contributed by atoms with E-state index in [0.29, 0.717) is 4.90 Å². The van der Waals surface area contributed by atoms with E-state index in [0.717, 1.165) is 6.07 Å². The van der Waals surface area contributed by atoms with Gasteiger partial charge in [0.25, 0.3) is 23.6 Å². The fourth-order valence-electron chi connectivity index (χ4n) is 3.89. The smallest absolute Gasteiger partial charge is 0.338 e. The normalized spacial score (nSPS) is 12.8. The highest BCUT2D eigenvalue weighted by atomic mass is 35.5. The van der Waals surface area contributed by atoms with Crippen LogP contribution in [0.25, 0.3) is 0 Å². The van der Waals surface area contributed by atoms with Crippen molar-refractivity contribution < 1.29 is 38.2 Å². The molecule has 1 heterocycles. The molecular formula is C28H19Cl4N3O8. The van der Waals surface area contributed by atoms with E-state index in [1.54, 1.807) is 12.1 Å². The van der Waals surface area contributed by atoms with Gasteiger partial charge in [0.15, 0.2) is 13.2 Å². The number of carbonyl (C=O) groups is 6. The van der Waals surface area contributed by atoms with E-state index in [-0.39, 0.29) is 48.2 Å². The van der Waals surface area contributed by atoms with Gasteiger partial charge in [-0.25, -0.2) is 9.59 Å². The number of anilines is 2. The topological polar surface area (TPSA) is 148 Å². The first-order chi connectivity index (χ1) is 20.4. The van der Waals surface area contributed by atoms with Crippen LogP contribution in [0.1, 0.15) is 38.0 Å². The van der Waals surface area contributed by atoms with Gasteiger partial charge in [0.2, 0.25) is 0 Å². The fraction of sp³-hybridized carbons (Fsp3) is 0.143. The number of rotatable bonds is 9. The Morgan fingerprint density at radius 2 is 1.26 bits per heavy atom. The molecule has 222 valence electrons. The standard InChI is InChI=1S/C28H19Cl4N3O8/c1-13(27(40)42-11-21(36)33-19-6-2-4-17(29)23(19)31)35-25(38)15-9-8-14(10-16(15)26(35)39)28(41)43-12-22(37)34-20-7-3-5-18(30)24(20)32/h2-10,13H,11-12H2,1H3,(H,33,36)(H,34,37)/t13-/m1/s1. The van der Waals surface area contributed by atoms with Crippen LogP contribution in [0, 0.1) is 0 Å². The zero-order valence-corrected chi connectivity index (χ0v) is 24.9. The first kappa shape index (κ1) is 31.8. The molecule has 0 aliphatic carbocycles. The quantitative estimate of drug-likeness (QED) is 0.232. The molecule has 43 heavy (non-hydrogen) atoms. The summed E-state index contributed by atoms with van der Waals surface area (Å²) in [7, 11) is 0. The Labute approximate surface area is 263 Å². The van der Waals surface area contributed by atoms with Crippen LogP contribution in [0.3, 0.4) is 0 Å². The van der Waals surface area contributed by atoms with E-state index >= 15 is 0 Å². The molecule has 0 spiro atoms. The first-order valence-electron chi connectivity index (χ1n) is 12.2. The summed E-state index contributed by atoms with van der Waals surface area (Å²) in [5.41, 5.74) is 0.0622. The lowest BCUT2D eigenvalue weighted by atomic mass is 10.1. The number of amides is 4. The molecular weight excluding hydrogens is 648 g/mol. The second-order valence-electron chi connectivity index (χ2n) is 8.90. The van der Waals surface area contributed by atoms with Gasteiger partial charge in [-0.15, -0.1) is 0 Å². The van der Waals surface area contributed by atoms with Gasteiger partial charge in [-0.05, 0) is 49.4 Å². The maximum Gasteiger partial charge on any atom is 0.338 e. The number of hydrogen-bond donors (Lipinski definition) is 2. The molecule has 3 aromatic rings. The monoisotopic (exact) mass is 665 g/mol. The minimum atomic E-state index is -1.41. The molecule has 2 N–H and O–H groups in total. The van der Waals surface area contributed by atoms with Crippen molar-refractivity contribution in [1.82, 2.24) is 4.90 Å². The third-order valence-corrected chi connectivity index (χ3v) is 7.65. The molecule has 0 unspecified atom stereocenters. The highest BCUT2D eigenvalue weighted by Crippen LogP contribution is 2.31. The predicted molar refractivity (Wildman–Crippen MR) is 158 cm³/mol. The average molecular weight is 667 g/mol. The Balaban J connectivity index is 1.34. The Bertz CT molecular complexity index is 1680. The van der Waals surface area contributed by atoms with Crippen LogP contribution < -0.4 is 10.6 Å². The summed E-state index contributed by atoms with van der Waals surface area (Å²) in [5, 5.41) is 5.52. The van der Waals surface area contributed by atoms with E-state index < -0.39 is 54.8 Å². The zero-order chi connectivity index (χ0) is 31.4. The van der Waals surface area contributed by atoms with E-state index in [1.807, 2.05) is 0 Å². The van der Waals surface area contributed by atoms with Crippen LogP contribution in [-0.4, -0.2) is 59.7 Å². The maximum absolute atomic E-state index is 13.1. The molecule has 11 nitrogen and oxygen atoms in total. The van der Waals surface area contributed by atoms with Crippen molar-refractivity contribution in [3.05, 3.63) is 91.4 Å². The molecule has 0 aromatic heterocycles. The SMILES string of the molecule is C[C@H](C(=O)OCC(=O)Nc1cccc(Cl)c1Cl)N1C(=O)c2ccc(C(=O)OCC(=O)Nc3cccc(Cl)c3Cl)cc2C1=O. The summed E-state index contributed by atoms with van der Waals surface area (Å²) in [4.78, 5) is 76.3. The highest BCUT2D eigenvalue weighted by Gasteiger charge is 2.42. The summed E-state index contributed by atoms with van der Waals surface area (Å²) >= 11 is 23.9. The number of carbonyl (C=O) groups excluding carboxylic acids is 6. The number of benzene rings is 3. The van der Waals surface area contributed by atoms with E-state index in [4.69, 9.17) is 55.9 Å². The van der Waals surface area contributed by atoms with Crippen molar-refractivity contribution in [2.45, 2.75) is 13.0 Å². The van der Waals surface area contributed by atoms with Crippen molar-refractivity contribution in [3.63, 3.8) is 0 Å². The third kappa shape index (κ3) is 7.08. The molecule has 1 atom stereocenters. The zero-order valence-electron chi connectivity index (χ0n) is 21.9. The molecule has 0 fully saturated rings. The number of halogens is 4. The Morgan fingerprint density at radius 3 is 1.81 bits per heavy atom. The lowest BCUT2D eigenvalue weighted by Crippen LogP contribution is -2.44. The van der Waals surface area contributed by atoms with Crippen LogP contribution >= 0.6 is 46.4 Å². The van der Waals surface area contributed by atoms with E-state index in [1.165, 1.54) is 43.3 Å². The van der Waals surface area contributed by atoms with Gasteiger partial charge in [-0.3, -0.25) is 24.1 Å². The van der Waals surface area contributed by atoms with Gasteiger partial charge >= 0.3 is 11.9 Å². The van der Waals surface area contributed by atoms with Crippen LogP contribution in [0.4, 0.5) is 11.4 Å². The van der Waals surface area contributed by atoms with Crippen molar-refractivity contribution >= 4 is 93.3 Å². The lowest BCUT2D eigenvalue weighted by Gasteiger charge is -2.20. The Kier molecular flexibility index (Phi) is 9.92. The van der Waals surface area contributed by atoms with Gasteiger partial charge in [0.1, 0.15) is 6.04 Å². The summed E-state index contributed by atoms with van der Waals surface area (Å²) in [5.74, 6) is -5.10. The number of hydrogen-bond acceptors (Lipinski definition) is 8. The van der Waals surface area contributed by atoms with Gasteiger partial charge in [-0.2, -0.15) is 0 Å². The third-order valence-electron chi connectivity index (χ3n) is 6.01. The molecule has 1 aliphatic heterocycles. The molecule has 0 bridgehead atoms. The molecule has 0 radical (unpaired) electrons. The average Bonchev–Trinajstić information content (AvgIpc) is 3.23. The number of esters is 2. The summed E-state index contributed by atoms with van der Waals surface area (Å²) in [6, 6.07) is 11.3. The number of ether oxygens (including phenoxy) is 2. The van der Waals surface area contributed by atoms with Crippen molar-refractivity contribution in [2.24, 2.45) is 0 Å². The molecule has 0 saturated carbocycles. The van der Waals surface area contributed by atoms with E-state index in [9.17, 15) is 28.8 Å². The van der Waals surface area contributed by atoms with Gasteiger partial charge in [0, 0.05) is 0 Å². The van der Waals surface area contributed by atoms with E-state index in [2.05, 4.69) is 10.6 Å². The molecule has 4 rings (SSSR count). The van der Waals surface area contributed by atoms with Crippen molar-refractivity contribution in [1.29, 1.82) is 0 Å². The van der Waals surface area contributed by atoms with Crippen LogP contribution in [0.2, 0.25) is 20.1 Å². The van der Waals surface area contributed by atoms with Gasteiger partial charge in [0.05, 0.1) is 48.2 Å².